The summed E-state index contributed by atoms with van der Waals surface area (Å²) in [5.74, 6) is -1.42. The molecule has 0 aliphatic heterocycles. The summed E-state index contributed by atoms with van der Waals surface area (Å²) in [6, 6.07) is 0. The fourth-order valence-electron chi connectivity index (χ4n) is 2.37. The second-order valence-corrected chi connectivity index (χ2v) is 7.00. The number of hydrogen-bond donors (Lipinski definition) is 0. The van der Waals surface area contributed by atoms with E-state index in [-0.39, 0.29) is 11.8 Å². The van der Waals surface area contributed by atoms with Gasteiger partial charge in [0, 0.05) is 0 Å². The molecule has 104 valence electrons. The van der Waals surface area contributed by atoms with Crippen LogP contribution in [0.3, 0.4) is 0 Å². The van der Waals surface area contributed by atoms with Crippen LogP contribution < -0.4 is 0 Å². The maximum absolute atomic E-state index is 11.9. The molecule has 0 aromatic carbocycles. The second-order valence-electron chi connectivity index (χ2n) is 4.96. The molecule has 0 fully saturated rings. The third-order valence-electron chi connectivity index (χ3n) is 3.43. The molecule has 0 saturated carbocycles. The first-order valence-corrected chi connectivity index (χ1v) is 8.13. The summed E-state index contributed by atoms with van der Waals surface area (Å²) in [5.41, 5.74) is 0. The average Bonchev–Trinajstić information content (AvgIpc) is 2.38. The Morgan fingerprint density at radius 3 is 1.74 bits per heavy atom. The molecule has 3 nitrogen and oxygen atoms in total. The second kappa shape index (κ2) is 6.84. The smallest absolute Gasteiger partial charge is 0.320 e. The Balaban J connectivity index is 1.93. The summed E-state index contributed by atoms with van der Waals surface area (Å²) in [6.45, 7) is 0. The largest absolute Gasteiger partial charge is 0.392 e. The first kappa shape index (κ1) is 15.0. The maximum Gasteiger partial charge on any atom is 0.320 e. The van der Waals surface area contributed by atoms with Gasteiger partial charge < -0.3 is 4.74 Å². The molecule has 0 saturated heterocycles. The highest BCUT2D eigenvalue weighted by Crippen LogP contribution is 2.29. The number of ether oxygens (including phenoxy) is 1. The van der Waals surface area contributed by atoms with E-state index in [4.69, 9.17) is 4.74 Å². The van der Waals surface area contributed by atoms with E-state index < -0.39 is 11.9 Å². The van der Waals surface area contributed by atoms with Crippen LogP contribution in [-0.4, -0.2) is 11.9 Å². The molecule has 0 aromatic rings. The van der Waals surface area contributed by atoms with Crippen LogP contribution in [0.1, 0.15) is 38.5 Å². The summed E-state index contributed by atoms with van der Waals surface area (Å²) in [5, 5.41) is 0. The third kappa shape index (κ3) is 4.28. The van der Waals surface area contributed by atoms with Crippen LogP contribution in [0.5, 0.6) is 0 Å². The molecular weight excluding hydrogens is 376 g/mol. The summed E-state index contributed by atoms with van der Waals surface area (Å²) >= 11 is 6.80. The highest BCUT2D eigenvalue weighted by molar-refractivity contribution is 9.12. The summed E-state index contributed by atoms with van der Waals surface area (Å²) in [6.07, 6.45) is 9.01. The molecule has 0 spiro atoms. The molecule has 2 atom stereocenters. The quantitative estimate of drug-likeness (QED) is 0.523. The number of carbonyl (C=O) groups excluding carboxylic acids is 2. The van der Waals surface area contributed by atoms with Crippen molar-refractivity contribution >= 4 is 43.8 Å². The molecule has 5 heteroatoms. The molecule has 0 radical (unpaired) electrons. The van der Waals surface area contributed by atoms with Crippen LogP contribution in [0.2, 0.25) is 0 Å². The van der Waals surface area contributed by atoms with Crippen molar-refractivity contribution in [2.45, 2.75) is 38.5 Å². The van der Waals surface area contributed by atoms with Gasteiger partial charge in [0.15, 0.2) is 0 Å². The van der Waals surface area contributed by atoms with Gasteiger partial charge in [0.1, 0.15) is 0 Å². The third-order valence-corrected chi connectivity index (χ3v) is 4.75. The van der Waals surface area contributed by atoms with Crippen molar-refractivity contribution in [2.24, 2.45) is 11.8 Å². The summed E-state index contributed by atoms with van der Waals surface area (Å²) in [4.78, 5) is 23.9. The highest BCUT2D eigenvalue weighted by Gasteiger charge is 2.28. The first-order chi connectivity index (χ1) is 9.06. The zero-order chi connectivity index (χ0) is 13.8. The van der Waals surface area contributed by atoms with Crippen molar-refractivity contribution in [3.05, 3.63) is 21.1 Å². The zero-order valence-corrected chi connectivity index (χ0v) is 13.7. The van der Waals surface area contributed by atoms with Gasteiger partial charge >= 0.3 is 11.9 Å². The Bertz CT molecular complexity index is 400. The van der Waals surface area contributed by atoms with E-state index in [9.17, 15) is 9.59 Å². The monoisotopic (exact) mass is 390 g/mol. The van der Waals surface area contributed by atoms with E-state index in [1.807, 2.05) is 12.2 Å². The highest BCUT2D eigenvalue weighted by atomic mass is 79.9. The number of carbonyl (C=O) groups is 2. The van der Waals surface area contributed by atoms with Crippen molar-refractivity contribution in [1.29, 1.82) is 0 Å². The number of rotatable bonds is 2. The van der Waals surface area contributed by atoms with E-state index in [0.29, 0.717) is 0 Å². The van der Waals surface area contributed by atoms with Crippen LogP contribution in [0, 0.1) is 11.8 Å². The molecule has 2 aliphatic rings. The van der Waals surface area contributed by atoms with E-state index in [1.54, 1.807) is 0 Å². The lowest BCUT2D eigenvalue weighted by Gasteiger charge is -2.20. The van der Waals surface area contributed by atoms with Gasteiger partial charge in [-0.3, -0.25) is 9.59 Å². The number of hydrogen-bond acceptors (Lipinski definition) is 3. The fraction of sp³-hybridized carbons (Fsp3) is 0.571. The van der Waals surface area contributed by atoms with Crippen molar-refractivity contribution in [2.75, 3.05) is 0 Å². The maximum atomic E-state index is 11.9. The van der Waals surface area contributed by atoms with Gasteiger partial charge in [0.25, 0.3) is 0 Å². The number of halogens is 2. The van der Waals surface area contributed by atoms with E-state index in [0.717, 1.165) is 47.5 Å². The van der Waals surface area contributed by atoms with E-state index >= 15 is 0 Å². The Morgan fingerprint density at radius 2 is 1.37 bits per heavy atom. The predicted molar refractivity (Wildman–Crippen MR) is 79.8 cm³/mol. The summed E-state index contributed by atoms with van der Waals surface area (Å²) < 4.78 is 7.06. The Labute approximate surface area is 129 Å². The number of allylic oxidation sites excluding steroid dienone is 2. The van der Waals surface area contributed by atoms with Gasteiger partial charge in [-0.2, -0.15) is 0 Å². The van der Waals surface area contributed by atoms with Crippen LogP contribution >= 0.6 is 31.9 Å². The molecule has 0 heterocycles. The molecule has 2 rings (SSSR count). The molecule has 0 N–H and O–H groups in total. The van der Waals surface area contributed by atoms with Crippen molar-refractivity contribution in [1.82, 2.24) is 0 Å². The van der Waals surface area contributed by atoms with Crippen LogP contribution in [0.4, 0.5) is 0 Å². The van der Waals surface area contributed by atoms with Gasteiger partial charge in [-0.1, -0.05) is 44.0 Å². The normalized spacial score (nSPS) is 27.3. The predicted octanol–water partition coefficient (Wildman–Crippen LogP) is 4.21. The van der Waals surface area contributed by atoms with Crippen molar-refractivity contribution < 1.29 is 14.3 Å². The molecule has 2 aliphatic carbocycles. The van der Waals surface area contributed by atoms with Crippen molar-refractivity contribution in [3.8, 4) is 0 Å². The van der Waals surface area contributed by atoms with Gasteiger partial charge in [-0.15, -0.1) is 0 Å². The van der Waals surface area contributed by atoms with Gasteiger partial charge in [0.05, 0.1) is 11.8 Å². The minimum atomic E-state index is -0.420. The Morgan fingerprint density at radius 1 is 0.947 bits per heavy atom. The van der Waals surface area contributed by atoms with Gasteiger partial charge in [0.2, 0.25) is 0 Å². The summed E-state index contributed by atoms with van der Waals surface area (Å²) in [7, 11) is 0. The first-order valence-electron chi connectivity index (χ1n) is 6.54. The standard InChI is InChI=1S/C14H16Br2O3/c15-11-5-1-3-9(7-11)13(17)19-14(18)10-4-2-6-12(16)8-10/h7-10H,1-6H2. The van der Waals surface area contributed by atoms with Crippen LogP contribution in [0.15, 0.2) is 21.1 Å². The minimum absolute atomic E-state index is 0.289. The zero-order valence-electron chi connectivity index (χ0n) is 10.5. The van der Waals surface area contributed by atoms with Crippen LogP contribution in [-0.2, 0) is 14.3 Å². The minimum Gasteiger partial charge on any atom is -0.392 e. The van der Waals surface area contributed by atoms with Crippen LogP contribution in [0.25, 0.3) is 0 Å². The molecular formula is C14H16Br2O3. The van der Waals surface area contributed by atoms with E-state index in [1.165, 1.54) is 0 Å². The molecule has 0 amide bonds. The Kier molecular flexibility index (Phi) is 5.39. The SMILES string of the molecule is O=C(OC(=O)C1C=C(Br)CCC1)C1C=C(Br)CCC1. The Hall–Kier alpha value is -0.420. The lowest BCUT2D eigenvalue weighted by Crippen LogP contribution is -2.26. The number of esters is 2. The topological polar surface area (TPSA) is 43.4 Å². The molecule has 2 unspecified atom stereocenters. The van der Waals surface area contributed by atoms with Gasteiger partial charge in [-0.05, 0) is 47.5 Å². The molecule has 0 bridgehead atoms. The average molecular weight is 392 g/mol. The van der Waals surface area contributed by atoms with Crippen molar-refractivity contribution in [3.63, 3.8) is 0 Å². The molecule has 0 aromatic heterocycles. The van der Waals surface area contributed by atoms with Gasteiger partial charge in [-0.25, -0.2) is 0 Å². The lowest BCUT2D eigenvalue weighted by molar-refractivity contribution is -0.163. The molecule has 19 heavy (non-hydrogen) atoms. The lowest BCUT2D eigenvalue weighted by atomic mass is 9.95. The fourth-order valence-corrected chi connectivity index (χ4v) is 3.57. The van der Waals surface area contributed by atoms with E-state index in [2.05, 4.69) is 31.9 Å².